The first-order valence-electron chi connectivity index (χ1n) is 5.96. The van der Waals surface area contributed by atoms with Gasteiger partial charge in [-0.15, -0.1) is 0 Å². The Labute approximate surface area is 115 Å². The largest absolute Gasteiger partial charge is 0.302 e. The van der Waals surface area contributed by atoms with Crippen LogP contribution in [0.2, 0.25) is 0 Å². The lowest BCUT2D eigenvalue weighted by atomic mass is 9.99. The monoisotopic (exact) mass is 300 g/mol. The normalized spacial score (nSPS) is 18.3. The van der Waals surface area contributed by atoms with Gasteiger partial charge in [0.1, 0.15) is 0 Å². The lowest BCUT2D eigenvalue weighted by Gasteiger charge is -2.09. The van der Waals surface area contributed by atoms with Crippen molar-refractivity contribution >= 4 is 21.6 Å². The Morgan fingerprint density at radius 3 is 2.44 bits per heavy atom. The maximum atomic E-state index is 4.44. The molecule has 0 saturated carbocycles. The summed E-state index contributed by atoms with van der Waals surface area (Å²) in [5.74, 6) is 0. The highest BCUT2D eigenvalue weighted by atomic mass is 79.9. The Kier molecular flexibility index (Phi) is 3.15. The second-order valence-electron chi connectivity index (χ2n) is 4.36. The third-order valence-corrected chi connectivity index (χ3v) is 3.66. The first kappa shape index (κ1) is 11.5. The molecule has 0 saturated heterocycles. The summed E-state index contributed by atoms with van der Waals surface area (Å²) in [6.45, 7) is 0. The zero-order chi connectivity index (χ0) is 12.4. The van der Waals surface area contributed by atoms with Gasteiger partial charge in [0.25, 0.3) is 0 Å². The molecule has 0 amide bonds. The van der Waals surface area contributed by atoms with Crippen molar-refractivity contribution in [3.63, 3.8) is 0 Å². The van der Waals surface area contributed by atoms with E-state index in [0.717, 1.165) is 16.6 Å². The minimum Gasteiger partial charge on any atom is -0.302 e. The van der Waals surface area contributed by atoms with Crippen LogP contribution in [0.5, 0.6) is 0 Å². The number of hydrogen-bond donors (Lipinski definition) is 1. The summed E-state index contributed by atoms with van der Waals surface area (Å²) in [5, 5.41) is 4.44. The van der Waals surface area contributed by atoms with Crippen LogP contribution in [0.25, 0.3) is 0 Å². The van der Waals surface area contributed by atoms with Gasteiger partial charge < -0.3 is 5.43 Å². The van der Waals surface area contributed by atoms with Crippen LogP contribution < -0.4 is 5.43 Å². The zero-order valence-corrected chi connectivity index (χ0v) is 11.4. The molecule has 0 bridgehead atoms. The van der Waals surface area contributed by atoms with Crippen LogP contribution in [-0.4, -0.2) is 5.71 Å². The second kappa shape index (κ2) is 4.94. The number of benzene rings is 2. The van der Waals surface area contributed by atoms with E-state index in [1.807, 2.05) is 18.2 Å². The van der Waals surface area contributed by atoms with Gasteiger partial charge in [0, 0.05) is 10.9 Å². The van der Waals surface area contributed by atoms with Crippen molar-refractivity contribution in [1.82, 2.24) is 5.43 Å². The molecule has 2 nitrogen and oxygen atoms in total. The van der Waals surface area contributed by atoms with Crippen LogP contribution in [0, 0.1) is 0 Å². The van der Waals surface area contributed by atoms with Gasteiger partial charge in [0.15, 0.2) is 0 Å². The fourth-order valence-corrected chi connectivity index (χ4v) is 2.41. The molecule has 3 heteroatoms. The van der Waals surface area contributed by atoms with Crippen molar-refractivity contribution in [1.29, 1.82) is 0 Å². The third-order valence-electron chi connectivity index (χ3n) is 3.13. The quantitative estimate of drug-likeness (QED) is 0.894. The van der Waals surface area contributed by atoms with Gasteiger partial charge in [-0.1, -0.05) is 58.4 Å². The molecule has 1 unspecified atom stereocenters. The molecule has 0 aromatic heterocycles. The van der Waals surface area contributed by atoms with Crippen molar-refractivity contribution in [2.45, 2.75) is 12.5 Å². The summed E-state index contributed by atoms with van der Waals surface area (Å²) < 4.78 is 1.11. The smallest absolute Gasteiger partial charge is 0.0745 e. The number of hydrazone groups is 1. The number of nitrogens with zero attached hydrogens (tertiary/aromatic N) is 1. The first-order chi connectivity index (χ1) is 8.83. The van der Waals surface area contributed by atoms with Crippen LogP contribution in [0.1, 0.15) is 23.6 Å². The summed E-state index contributed by atoms with van der Waals surface area (Å²) in [6, 6.07) is 19.0. The van der Waals surface area contributed by atoms with E-state index in [9.17, 15) is 0 Å². The molecule has 0 spiro atoms. The molecule has 0 fully saturated rings. The minimum atomic E-state index is 0.285. The summed E-state index contributed by atoms with van der Waals surface area (Å²) >= 11 is 3.45. The predicted molar refractivity (Wildman–Crippen MR) is 77.6 cm³/mol. The lowest BCUT2D eigenvalue weighted by molar-refractivity contribution is 0.620. The van der Waals surface area contributed by atoms with Crippen molar-refractivity contribution in [3.8, 4) is 0 Å². The summed E-state index contributed by atoms with van der Waals surface area (Å²) in [5.41, 5.74) is 6.81. The van der Waals surface area contributed by atoms with E-state index in [0.29, 0.717) is 0 Å². The van der Waals surface area contributed by atoms with Crippen LogP contribution in [0.3, 0.4) is 0 Å². The van der Waals surface area contributed by atoms with Gasteiger partial charge in [-0.3, -0.25) is 0 Å². The van der Waals surface area contributed by atoms with E-state index >= 15 is 0 Å². The van der Waals surface area contributed by atoms with E-state index in [1.165, 1.54) is 11.1 Å². The van der Waals surface area contributed by atoms with Gasteiger partial charge in [-0.2, -0.15) is 5.10 Å². The summed E-state index contributed by atoms with van der Waals surface area (Å²) in [7, 11) is 0. The molecular formula is C15H13BrN2. The molecule has 0 radical (unpaired) electrons. The molecule has 18 heavy (non-hydrogen) atoms. The third kappa shape index (κ3) is 2.31. The fraction of sp³-hybridized carbons (Fsp3) is 0.133. The van der Waals surface area contributed by atoms with Gasteiger partial charge in [0.2, 0.25) is 0 Å². The Hall–Kier alpha value is -1.61. The van der Waals surface area contributed by atoms with E-state index < -0.39 is 0 Å². The number of hydrogen-bond acceptors (Lipinski definition) is 2. The molecule has 2 aromatic rings. The second-order valence-corrected chi connectivity index (χ2v) is 5.28. The maximum Gasteiger partial charge on any atom is 0.0745 e. The highest BCUT2D eigenvalue weighted by Gasteiger charge is 2.20. The van der Waals surface area contributed by atoms with Crippen molar-refractivity contribution in [3.05, 3.63) is 70.2 Å². The molecule has 1 aliphatic heterocycles. The Balaban J connectivity index is 1.76. The SMILES string of the molecule is Brc1ccc(C2CC(c3ccccc3)=NN2)cc1. The van der Waals surface area contributed by atoms with Crippen LogP contribution >= 0.6 is 15.9 Å². The molecule has 1 N–H and O–H groups in total. The highest BCUT2D eigenvalue weighted by molar-refractivity contribution is 9.10. The molecule has 90 valence electrons. The van der Waals surface area contributed by atoms with Gasteiger partial charge in [-0.25, -0.2) is 0 Å². The average Bonchev–Trinajstić information content (AvgIpc) is 2.90. The van der Waals surface area contributed by atoms with E-state index in [-0.39, 0.29) is 6.04 Å². The Bertz CT molecular complexity index is 561. The van der Waals surface area contributed by atoms with Crippen LogP contribution in [-0.2, 0) is 0 Å². The van der Waals surface area contributed by atoms with E-state index in [2.05, 4.69) is 62.9 Å². The van der Waals surface area contributed by atoms with Crippen molar-refractivity contribution in [2.24, 2.45) is 5.10 Å². The molecular weight excluding hydrogens is 288 g/mol. The molecule has 0 aliphatic carbocycles. The first-order valence-corrected chi connectivity index (χ1v) is 6.75. The van der Waals surface area contributed by atoms with Crippen LogP contribution in [0.15, 0.2) is 64.2 Å². The summed E-state index contributed by atoms with van der Waals surface area (Å²) in [4.78, 5) is 0. The number of halogens is 1. The molecule has 2 aromatic carbocycles. The lowest BCUT2D eigenvalue weighted by Crippen LogP contribution is -2.09. The van der Waals surface area contributed by atoms with Crippen molar-refractivity contribution < 1.29 is 0 Å². The molecule has 1 aliphatic rings. The van der Waals surface area contributed by atoms with Gasteiger partial charge >= 0.3 is 0 Å². The maximum absolute atomic E-state index is 4.44. The van der Waals surface area contributed by atoms with Crippen molar-refractivity contribution in [2.75, 3.05) is 0 Å². The number of rotatable bonds is 2. The molecule has 1 heterocycles. The minimum absolute atomic E-state index is 0.285. The fourth-order valence-electron chi connectivity index (χ4n) is 2.14. The average molecular weight is 301 g/mol. The van der Waals surface area contributed by atoms with Gasteiger partial charge in [-0.05, 0) is 23.3 Å². The van der Waals surface area contributed by atoms with E-state index in [1.54, 1.807) is 0 Å². The highest BCUT2D eigenvalue weighted by Crippen LogP contribution is 2.25. The molecule has 3 rings (SSSR count). The van der Waals surface area contributed by atoms with Crippen LogP contribution in [0.4, 0.5) is 0 Å². The van der Waals surface area contributed by atoms with E-state index in [4.69, 9.17) is 0 Å². The Morgan fingerprint density at radius 2 is 1.72 bits per heavy atom. The summed E-state index contributed by atoms with van der Waals surface area (Å²) in [6.07, 6.45) is 0.936. The predicted octanol–water partition coefficient (Wildman–Crippen LogP) is 3.89. The topological polar surface area (TPSA) is 24.4 Å². The van der Waals surface area contributed by atoms with Gasteiger partial charge in [0.05, 0.1) is 11.8 Å². The Morgan fingerprint density at radius 1 is 1.00 bits per heavy atom. The molecule has 1 atom stereocenters. The number of nitrogens with one attached hydrogen (secondary N) is 1. The zero-order valence-electron chi connectivity index (χ0n) is 9.81. The standard InChI is InChI=1S/C15H13BrN2/c16-13-8-6-12(7-9-13)15-10-14(17-18-15)11-4-2-1-3-5-11/h1-9,15,18H,10H2.